The van der Waals surface area contributed by atoms with Gasteiger partial charge in [0.2, 0.25) is 5.91 Å². The normalized spacial score (nSPS) is 34.9. The van der Waals surface area contributed by atoms with Gasteiger partial charge in [-0.2, -0.15) is 0 Å². The maximum Gasteiger partial charge on any atom is 0.323 e. The predicted octanol–water partition coefficient (Wildman–Crippen LogP) is 3.53. The number of fused-ring (bicyclic) bond motifs is 5. The number of epoxide rings is 1. The lowest BCUT2D eigenvalue weighted by Crippen LogP contribution is -2.53. The van der Waals surface area contributed by atoms with Crippen LogP contribution in [-0.4, -0.2) is 92.9 Å². The van der Waals surface area contributed by atoms with Crippen LogP contribution in [0, 0.1) is 5.92 Å². The van der Waals surface area contributed by atoms with E-state index in [1.165, 1.54) is 19.1 Å². The first-order chi connectivity index (χ1) is 21.2. The number of nitrogens with zero attached hydrogens (tertiary/aromatic N) is 1. The predicted molar refractivity (Wildman–Crippen MR) is 168 cm³/mol. The standard InChI is InChI=1S/C33H45ClN2O9/c1-18-10-9-11-25(42-8)33(40)16-24(43-28(38)17-33)19(2)30-32(4,45-30)26(44-31(39)20(3)35-5)15-27(37)36(6)22-13-21(12-18)14-23(41-7)29(22)34/h9-11,13-14,19-20,24-26,30,35,40H,12,15-17H2,1-8H3/b11-9+,18-10+/t19-,20+,24+,25-,26+,30+,32+,33-/m1/s1. The van der Waals surface area contributed by atoms with Gasteiger partial charge in [0.05, 0.1) is 31.7 Å². The molecule has 8 atom stereocenters. The van der Waals surface area contributed by atoms with E-state index in [1.807, 2.05) is 32.1 Å². The van der Waals surface area contributed by atoms with Gasteiger partial charge in [-0.3, -0.25) is 14.4 Å². The van der Waals surface area contributed by atoms with Crippen LogP contribution < -0.4 is 15.0 Å². The number of hydrogen-bond donors (Lipinski definition) is 2. The van der Waals surface area contributed by atoms with E-state index in [0.717, 1.165) is 11.1 Å². The van der Waals surface area contributed by atoms with Gasteiger partial charge in [-0.1, -0.05) is 42.3 Å². The summed E-state index contributed by atoms with van der Waals surface area (Å²) in [4.78, 5) is 41.1. The maximum atomic E-state index is 13.8. The summed E-state index contributed by atoms with van der Waals surface area (Å²) in [5.41, 5.74) is -0.334. The molecule has 2 fully saturated rings. The zero-order valence-electron chi connectivity index (χ0n) is 27.2. The summed E-state index contributed by atoms with van der Waals surface area (Å²) >= 11 is 6.70. The Morgan fingerprint density at radius 2 is 1.98 bits per heavy atom. The molecule has 248 valence electrons. The lowest BCUT2D eigenvalue weighted by molar-refractivity contribution is -0.187. The monoisotopic (exact) mass is 648 g/mol. The van der Waals surface area contributed by atoms with Gasteiger partial charge in [-0.15, -0.1) is 0 Å². The molecule has 4 bridgehead atoms. The molecule has 0 radical (unpaired) electrons. The second-order valence-corrected chi connectivity index (χ2v) is 12.9. The molecular formula is C33H45ClN2O9. The number of esters is 2. The second-order valence-electron chi connectivity index (χ2n) is 12.5. The molecule has 12 heteroatoms. The number of nitrogens with one attached hydrogen (secondary N) is 1. The van der Waals surface area contributed by atoms with Crippen molar-refractivity contribution in [2.24, 2.45) is 5.92 Å². The van der Waals surface area contributed by atoms with E-state index >= 15 is 0 Å². The minimum atomic E-state index is -1.53. The van der Waals surface area contributed by atoms with Crippen molar-refractivity contribution in [1.82, 2.24) is 5.32 Å². The van der Waals surface area contributed by atoms with Gasteiger partial charge in [-0.25, -0.2) is 0 Å². The van der Waals surface area contributed by atoms with Crippen molar-refractivity contribution in [3.8, 4) is 5.75 Å². The Morgan fingerprint density at radius 3 is 2.62 bits per heavy atom. The van der Waals surface area contributed by atoms with Crippen molar-refractivity contribution in [2.45, 2.75) is 95.0 Å². The van der Waals surface area contributed by atoms with Crippen molar-refractivity contribution >= 4 is 35.1 Å². The molecule has 1 amide bonds. The number of aliphatic hydroxyl groups is 1. The lowest BCUT2D eigenvalue weighted by Gasteiger charge is -2.41. The summed E-state index contributed by atoms with van der Waals surface area (Å²) in [6.07, 6.45) is 2.57. The Balaban J connectivity index is 1.80. The molecular weight excluding hydrogens is 604 g/mol. The molecule has 0 aliphatic carbocycles. The van der Waals surface area contributed by atoms with Crippen molar-refractivity contribution in [3.63, 3.8) is 0 Å². The van der Waals surface area contributed by atoms with E-state index in [-0.39, 0.29) is 30.2 Å². The van der Waals surface area contributed by atoms with Crippen LogP contribution in [0.5, 0.6) is 5.75 Å². The van der Waals surface area contributed by atoms with E-state index in [9.17, 15) is 19.5 Å². The average Bonchev–Trinajstić information content (AvgIpc) is 3.69. The van der Waals surface area contributed by atoms with E-state index in [1.54, 1.807) is 40.1 Å². The van der Waals surface area contributed by atoms with E-state index in [2.05, 4.69) is 5.32 Å². The maximum absolute atomic E-state index is 13.8. The summed E-state index contributed by atoms with van der Waals surface area (Å²) in [5.74, 6) is -1.46. The van der Waals surface area contributed by atoms with Crippen LogP contribution in [0.4, 0.5) is 5.69 Å². The summed E-state index contributed by atoms with van der Waals surface area (Å²) in [7, 11) is 6.24. The van der Waals surface area contributed by atoms with E-state index in [4.69, 9.17) is 35.3 Å². The third-order valence-electron chi connectivity index (χ3n) is 9.25. The van der Waals surface area contributed by atoms with Crippen molar-refractivity contribution in [2.75, 3.05) is 33.2 Å². The molecule has 2 N–H and O–H groups in total. The molecule has 0 aromatic heterocycles. The van der Waals surface area contributed by atoms with Crippen molar-refractivity contribution < 1.29 is 43.2 Å². The van der Waals surface area contributed by atoms with Crippen LogP contribution in [0.3, 0.4) is 0 Å². The molecule has 2 saturated heterocycles. The number of anilines is 1. The molecule has 11 nitrogen and oxygen atoms in total. The fraction of sp³-hybridized carbons (Fsp3) is 0.606. The van der Waals surface area contributed by atoms with Gasteiger partial charge in [0.1, 0.15) is 46.3 Å². The smallest absolute Gasteiger partial charge is 0.323 e. The Bertz CT molecular complexity index is 1370. The Kier molecular flexibility index (Phi) is 10.7. The van der Waals surface area contributed by atoms with Crippen LogP contribution >= 0.6 is 11.6 Å². The van der Waals surface area contributed by atoms with Crippen LogP contribution in [0.15, 0.2) is 35.9 Å². The number of carbonyl (C=O) groups is 3. The summed E-state index contributed by atoms with van der Waals surface area (Å²) < 4.78 is 29.1. The number of ether oxygens (including phenoxy) is 5. The first-order valence-electron chi connectivity index (χ1n) is 15.1. The Morgan fingerprint density at radius 1 is 1.27 bits per heavy atom. The molecule has 3 heterocycles. The number of carbonyl (C=O) groups excluding carboxylic acids is 3. The number of benzene rings is 1. The van der Waals surface area contributed by atoms with Gasteiger partial charge < -0.3 is 39.0 Å². The second kappa shape index (κ2) is 13.8. The van der Waals surface area contributed by atoms with Gasteiger partial charge >= 0.3 is 11.9 Å². The number of methoxy groups -OCH3 is 2. The molecule has 0 saturated carbocycles. The highest BCUT2D eigenvalue weighted by Gasteiger charge is 2.64. The molecule has 4 rings (SSSR count). The fourth-order valence-corrected chi connectivity index (χ4v) is 6.53. The summed E-state index contributed by atoms with van der Waals surface area (Å²) in [5, 5.41) is 14.9. The number of rotatable bonds is 5. The number of likely N-dealkylation sites (N-methyl/N-ethyl adjacent to an activating group) is 1. The highest BCUT2D eigenvalue weighted by Crippen LogP contribution is 2.49. The molecule has 0 spiro atoms. The Labute approximate surface area is 269 Å². The number of hydrogen-bond acceptors (Lipinski definition) is 10. The topological polar surface area (TPSA) is 136 Å². The van der Waals surface area contributed by atoms with E-state index < -0.39 is 59.5 Å². The zero-order valence-corrected chi connectivity index (χ0v) is 28.0. The third kappa shape index (κ3) is 7.38. The van der Waals surface area contributed by atoms with Crippen LogP contribution in [0.25, 0.3) is 0 Å². The highest BCUT2D eigenvalue weighted by molar-refractivity contribution is 6.35. The minimum Gasteiger partial charge on any atom is -0.495 e. The molecule has 3 aliphatic rings. The minimum absolute atomic E-state index is 0.106. The largest absolute Gasteiger partial charge is 0.495 e. The van der Waals surface area contributed by atoms with Gasteiger partial charge in [0, 0.05) is 26.5 Å². The summed E-state index contributed by atoms with van der Waals surface area (Å²) in [6.45, 7) is 7.24. The van der Waals surface area contributed by atoms with Crippen LogP contribution in [-0.2, 0) is 39.8 Å². The molecule has 0 unspecified atom stereocenters. The highest BCUT2D eigenvalue weighted by atomic mass is 35.5. The molecule has 45 heavy (non-hydrogen) atoms. The van der Waals surface area contributed by atoms with Crippen LogP contribution in [0.2, 0.25) is 5.02 Å². The average molecular weight is 649 g/mol. The van der Waals surface area contributed by atoms with Gasteiger partial charge in [0.25, 0.3) is 0 Å². The first-order valence-corrected chi connectivity index (χ1v) is 15.5. The van der Waals surface area contributed by atoms with E-state index in [0.29, 0.717) is 17.9 Å². The van der Waals surface area contributed by atoms with Crippen molar-refractivity contribution in [1.29, 1.82) is 0 Å². The molecule has 1 aromatic carbocycles. The van der Waals surface area contributed by atoms with Crippen molar-refractivity contribution in [3.05, 3.63) is 46.5 Å². The Hall–Kier alpha value is -2.96. The number of allylic oxidation sites excluding steroid dienone is 3. The summed E-state index contributed by atoms with van der Waals surface area (Å²) in [6, 6.07) is 3.01. The lowest BCUT2D eigenvalue weighted by atomic mass is 9.78. The molecule has 1 aromatic rings. The molecule has 3 aliphatic heterocycles. The zero-order chi connectivity index (χ0) is 33.3. The van der Waals surface area contributed by atoms with Gasteiger partial charge in [-0.05, 0) is 51.9 Å². The quantitative estimate of drug-likeness (QED) is 0.361. The number of halogens is 1. The first kappa shape index (κ1) is 34.9. The van der Waals surface area contributed by atoms with Crippen LogP contribution in [0.1, 0.15) is 52.5 Å². The number of amides is 1. The third-order valence-corrected chi connectivity index (χ3v) is 9.63. The fourth-order valence-electron chi connectivity index (χ4n) is 6.22. The van der Waals surface area contributed by atoms with Gasteiger partial charge in [0.15, 0.2) is 0 Å². The SMILES string of the molecule is CN[C@@H](C)C(=O)O[C@H]1CC(=O)N(C)c2cc(cc(OC)c2Cl)C/C(C)=C/C=C/[C@@H](OC)[C@]2(O)CC(=O)O[C@@H](C2)[C@@H](C)[C@@H]2O[C@@]12C.